The molecule has 0 saturated heterocycles. The Morgan fingerprint density at radius 3 is 2.75 bits per heavy atom. The highest BCUT2D eigenvalue weighted by molar-refractivity contribution is 6.19. The van der Waals surface area contributed by atoms with Gasteiger partial charge in [-0.3, -0.25) is 0 Å². The van der Waals surface area contributed by atoms with E-state index >= 15 is 0 Å². The van der Waals surface area contributed by atoms with E-state index in [9.17, 15) is 0 Å². The Kier molecular flexibility index (Phi) is 5.15. The summed E-state index contributed by atoms with van der Waals surface area (Å²) in [5, 5.41) is 8.98. The Morgan fingerprint density at radius 1 is 1.44 bits per heavy atom. The fraction of sp³-hybridized carbons (Fsp3) is 0.333. The summed E-state index contributed by atoms with van der Waals surface area (Å²) < 4.78 is 10.6. The number of hydrogen-bond donors (Lipinski definition) is 1. The molecular formula is C12H15ClO3. The van der Waals surface area contributed by atoms with Crippen LogP contribution in [-0.4, -0.2) is 24.7 Å². The first kappa shape index (κ1) is 12.9. The van der Waals surface area contributed by atoms with Crippen molar-refractivity contribution in [2.45, 2.75) is 6.61 Å². The first-order valence-electron chi connectivity index (χ1n) is 4.84. The summed E-state index contributed by atoms with van der Waals surface area (Å²) in [6.07, 6.45) is 0. The zero-order valence-corrected chi connectivity index (χ0v) is 9.96. The van der Waals surface area contributed by atoms with Crippen molar-refractivity contribution in [2.24, 2.45) is 0 Å². The van der Waals surface area contributed by atoms with Crippen molar-refractivity contribution in [2.75, 3.05) is 19.6 Å². The van der Waals surface area contributed by atoms with E-state index < -0.39 is 0 Å². The molecule has 0 amide bonds. The molecule has 1 rings (SSSR count). The maximum atomic E-state index is 8.98. The van der Waals surface area contributed by atoms with Crippen molar-refractivity contribution < 1.29 is 14.6 Å². The number of rotatable bonds is 6. The molecule has 0 aliphatic rings. The number of halogens is 1. The summed E-state index contributed by atoms with van der Waals surface area (Å²) in [5.41, 5.74) is 1.58. The lowest BCUT2D eigenvalue weighted by Crippen LogP contribution is -2.03. The Morgan fingerprint density at radius 2 is 2.19 bits per heavy atom. The lowest BCUT2D eigenvalue weighted by Gasteiger charge is -2.11. The third-order valence-electron chi connectivity index (χ3n) is 2.03. The molecule has 0 atom stereocenters. The minimum absolute atomic E-state index is 0.0228. The first-order valence-corrected chi connectivity index (χ1v) is 5.38. The van der Waals surface area contributed by atoms with Gasteiger partial charge in [0.2, 0.25) is 0 Å². The molecule has 0 unspecified atom stereocenters. The van der Waals surface area contributed by atoms with E-state index in [0.717, 1.165) is 11.1 Å². The third-order valence-corrected chi connectivity index (χ3v) is 2.41. The number of ether oxygens (including phenoxy) is 2. The average Bonchev–Trinajstić information content (AvgIpc) is 2.35. The van der Waals surface area contributed by atoms with E-state index in [1.54, 1.807) is 25.3 Å². The van der Waals surface area contributed by atoms with Crippen molar-refractivity contribution in [3.05, 3.63) is 35.9 Å². The lowest BCUT2D eigenvalue weighted by atomic mass is 10.2. The van der Waals surface area contributed by atoms with Crippen molar-refractivity contribution in [3.63, 3.8) is 0 Å². The molecule has 0 radical (unpaired) electrons. The van der Waals surface area contributed by atoms with Gasteiger partial charge < -0.3 is 14.6 Å². The van der Waals surface area contributed by atoms with Gasteiger partial charge in [-0.05, 0) is 23.3 Å². The molecule has 0 bridgehead atoms. The lowest BCUT2D eigenvalue weighted by molar-refractivity contribution is 0.279. The summed E-state index contributed by atoms with van der Waals surface area (Å²) in [6, 6.07) is 5.27. The van der Waals surface area contributed by atoms with E-state index in [1.807, 2.05) is 0 Å². The summed E-state index contributed by atoms with van der Waals surface area (Å²) in [6.45, 7) is 4.08. The molecule has 1 aromatic rings. The molecule has 88 valence electrons. The zero-order chi connectivity index (χ0) is 12.0. The van der Waals surface area contributed by atoms with Crippen LogP contribution in [0, 0.1) is 0 Å². The highest BCUT2D eigenvalue weighted by Crippen LogP contribution is 2.28. The molecule has 0 spiro atoms. The molecule has 1 N–H and O–H groups in total. The predicted octanol–water partition coefficient (Wildman–Crippen LogP) is 2.36. The Balaban J connectivity index is 2.75. The van der Waals surface area contributed by atoms with Crippen molar-refractivity contribution in [3.8, 4) is 11.5 Å². The van der Waals surface area contributed by atoms with Crippen LogP contribution in [0.1, 0.15) is 5.56 Å². The van der Waals surface area contributed by atoms with Crippen LogP contribution in [0.2, 0.25) is 0 Å². The van der Waals surface area contributed by atoms with E-state index in [-0.39, 0.29) is 6.61 Å². The monoisotopic (exact) mass is 242 g/mol. The van der Waals surface area contributed by atoms with Gasteiger partial charge in [-0.25, -0.2) is 0 Å². The molecule has 0 heterocycles. The van der Waals surface area contributed by atoms with Crippen molar-refractivity contribution in [1.29, 1.82) is 0 Å². The molecule has 0 aromatic heterocycles. The zero-order valence-electron chi connectivity index (χ0n) is 9.20. The standard InChI is InChI=1S/C12H15ClO3/c1-9(6-13)8-16-11-4-3-10(7-14)5-12(11)15-2/h3-5,14H,1,6-8H2,2H3. The first-order chi connectivity index (χ1) is 7.71. The number of methoxy groups -OCH3 is 1. The molecule has 0 aliphatic heterocycles. The van der Waals surface area contributed by atoms with Gasteiger partial charge in [0.1, 0.15) is 6.61 Å². The highest BCUT2D eigenvalue weighted by atomic mass is 35.5. The molecule has 4 heteroatoms. The number of aliphatic hydroxyl groups excluding tert-OH is 1. The molecule has 16 heavy (non-hydrogen) atoms. The number of alkyl halides is 1. The van der Waals surface area contributed by atoms with Crippen LogP contribution in [0.25, 0.3) is 0 Å². The number of aliphatic hydroxyl groups is 1. The minimum atomic E-state index is -0.0228. The Bertz CT molecular complexity index is 363. The van der Waals surface area contributed by atoms with Crippen LogP contribution >= 0.6 is 11.6 Å². The predicted molar refractivity (Wildman–Crippen MR) is 64.3 cm³/mol. The maximum Gasteiger partial charge on any atom is 0.161 e. The van der Waals surface area contributed by atoms with Gasteiger partial charge in [0.05, 0.1) is 13.7 Å². The second-order valence-corrected chi connectivity index (χ2v) is 3.58. The van der Waals surface area contributed by atoms with Gasteiger partial charge in [0, 0.05) is 5.88 Å². The van der Waals surface area contributed by atoms with Crippen molar-refractivity contribution >= 4 is 11.6 Å². The van der Waals surface area contributed by atoms with Crippen molar-refractivity contribution in [1.82, 2.24) is 0 Å². The van der Waals surface area contributed by atoms with Crippen LogP contribution in [0.15, 0.2) is 30.4 Å². The largest absolute Gasteiger partial charge is 0.493 e. The molecular weight excluding hydrogens is 228 g/mol. The van der Waals surface area contributed by atoms with Gasteiger partial charge in [-0.15, -0.1) is 11.6 Å². The second kappa shape index (κ2) is 6.40. The topological polar surface area (TPSA) is 38.7 Å². The quantitative estimate of drug-likeness (QED) is 0.615. The van der Waals surface area contributed by atoms with Gasteiger partial charge in [-0.2, -0.15) is 0 Å². The Labute approximate surface area is 100 Å². The minimum Gasteiger partial charge on any atom is -0.493 e. The summed E-state index contributed by atoms with van der Waals surface area (Å²) >= 11 is 5.60. The third kappa shape index (κ3) is 3.43. The van der Waals surface area contributed by atoms with Gasteiger partial charge in [0.15, 0.2) is 11.5 Å². The Hall–Kier alpha value is -1.19. The summed E-state index contributed by atoms with van der Waals surface area (Å²) in [5.74, 6) is 1.58. The highest BCUT2D eigenvalue weighted by Gasteiger charge is 2.05. The number of benzene rings is 1. The summed E-state index contributed by atoms with van der Waals surface area (Å²) in [4.78, 5) is 0. The van der Waals surface area contributed by atoms with Crippen LogP contribution < -0.4 is 9.47 Å². The maximum absolute atomic E-state index is 8.98. The van der Waals surface area contributed by atoms with Crippen LogP contribution in [-0.2, 0) is 6.61 Å². The van der Waals surface area contributed by atoms with Gasteiger partial charge in [-0.1, -0.05) is 12.6 Å². The molecule has 0 saturated carbocycles. The van der Waals surface area contributed by atoms with Crippen LogP contribution in [0.3, 0.4) is 0 Å². The van der Waals surface area contributed by atoms with Crippen LogP contribution in [0.5, 0.6) is 11.5 Å². The summed E-state index contributed by atoms with van der Waals surface area (Å²) in [7, 11) is 1.56. The SMILES string of the molecule is C=C(CCl)COc1ccc(CO)cc1OC. The van der Waals surface area contributed by atoms with Gasteiger partial charge >= 0.3 is 0 Å². The van der Waals surface area contributed by atoms with E-state index in [4.69, 9.17) is 26.2 Å². The molecule has 0 fully saturated rings. The molecule has 0 aliphatic carbocycles. The fourth-order valence-corrected chi connectivity index (χ4v) is 1.23. The average molecular weight is 243 g/mol. The van der Waals surface area contributed by atoms with Crippen LogP contribution in [0.4, 0.5) is 0 Å². The van der Waals surface area contributed by atoms with E-state index in [0.29, 0.717) is 24.0 Å². The van der Waals surface area contributed by atoms with Gasteiger partial charge in [0.25, 0.3) is 0 Å². The van der Waals surface area contributed by atoms with E-state index in [1.165, 1.54) is 0 Å². The second-order valence-electron chi connectivity index (χ2n) is 3.32. The molecule has 3 nitrogen and oxygen atoms in total. The normalized spacial score (nSPS) is 9.94. The number of hydrogen-bond acceptors (Lipinski definition) is 3. The smallest absolute Gasteiger partial charge is 0.161 e. The van der Waals surface area contributed by atoms with E-state index in [2.05, 4.69) is 6.58 Å². The molecule has 1 aromatic carbocycles. The fourth-order valence-electron chi connectivity index (χ4n) is 1.15.